The first-order chi connectivity index (χ1) is 19.9. The number of rotatable bonds is 16. The summed E-state index contributed by atoms with van der Waals surface area (Å²) in [4.78, 5) is 13.2. The smallest absolute Gasteiger partial charge is 0.330 e. The van der Waals surface area contributed by atoms with E-state index in [0.29, 0.717) is 25.8 Å². The normalized spacial score (nSPS) is 13.7. The summed E-state index contributed by atoms with van der Waals surface area (Å²) in [6.07, 6.45) is 12.8. The van der Waals surface area contributed by atoms with Crippen molar-refractivity contribution in [3.63, 3.8) is 0 Å². The number of aryl methyl sites for hydroxylation is 2. The molecule has 0 saturated carbocycles. The van der Waals surface area contributed by atoms with E-state index < -0.39 is 13.6 Å². The van der Waals surface area contributed by atoms with Crippen molar-refractivity contribution in [3.8, 4) is 0 Å². The van der Waals surface area contributed by atoms with Crippen LogP contribution in [0.4, 0.5) is 5.69 Å². The van der Waals surface area contributed by atoms with Crippen molar-refractivity contribution in [2.24, 2.45) is 0 Å². The number of fused-ring (bicyclic) bond motifs is 2. The highest BCUT2D eigenvalue weighted by Crippen LogP contribution is 2.48. The van der Waals surface area contributed by atoms with Gasteiger partial charge in [-0.15, -0.1) is 0 Å². The molecule has 0 bridgehead atoms. The molecule has 0 radical (unpaired) electrons. The molecule has 0 atom stereocenters. The first kappa shape index (κ1) is 31.0. The number of para-hydroxylation sites is 1. The van der Waals surface area contributed by atoms with E-state index in [1.807, 2.05) is 13.8 Å². The Morgan fingerprint density at radius 3 is 2.61 bits per heavy atom. The van der Waals surface area contributed by atoms with Crippen LogP contribution in [-0.4, -0.2) is 43.5 Å². The summed E-state index contributed by atoms with van der Waals surface area (Å²) >= 11 is 0. The quantitative estimate of drug-likeness (QED) is 0.109. The van der Waals surface area contributed by atoms with Crippen LogP contribution < -0.4 is 9.47 Å². The van der Waals surface area contributed by atoms with Crippen LogP contribution in [0.1, 0.15) is 69.1 Å². The second-order valence-corrected chi connectivity index (χ2v) is 12.7. The van der Waals surface area contributed by atoms with E-state index in [4.69, 9.17) is 14.2 Å². The van der Waals surface area contributed by atoms with E-state index in [1.165, 1.54) is 22.2 Å². The zero-order valence-electron chi connectivity index (χ0n) is 24.5. The van der Waals surface area contributed by atoms with Gasteiger partial charge in [-0.3, -0.25) is 9.36 Å². The Labute approximate surface area is 244 Å². The van der Waals surface area contributed by atoms with Gasteiger partial charge in [0.2, 0.25) is 5.52 Å². The fourth-order valence-electron chi connectivity index (χ4n) is 5.62. The van der Waals surface area contributed by atoms with Crippen molar-refractivity contribution in [1.82, 2.24) is 0 Å². The third-order valence-corrected chi connectivity index (χ3v) is 9.70. The molecule has 41 heavy (non-hydrogen) atoms. The molecule has 220 valence electrons. The number of pyridine rings is 1. The molecule has 0 fully saturated rings. The number of carboxylic acids is 1. The minimum absolute atomic E-state index is 0.259. The van der Waals surface area contributed by atoms with Crippen LogP contribution in [0.5, 0.6) is 0 Å². The Hall–Kier alpha value is -2.99. The molecule has 0 aliphatic carbocycles. The number of aliphatic carboxylic acids is 1. The van der Waals surface area contributed by atoms with Gasteiger partial charge in [0.1, 0.15) is 6.54 Å². The van der Waals surface area contributed by atoms with Gasteiger partial charge in [-0.05, 0) is 74.4 Å². The molecule has 0 saturated heterocycles. The molecule has 1 aliphatic heterocycles. The zero-order valence-corrected chi connectivity index (χ0v) is 25.4. The van der Waals surface area contributed by atoms with E-state index in [2.05, 4.69) is 76.3 Å². The van der Waals surface area contributed by atoms with Gasteiger partial charge in [-0.2, -0.15) is 4.57 Å². The summed E-state index contributed by atoms with van der Waals surface area (Å²) < 4.78 is 26.0. The first-order valence-electron chi connectivity index (χ1n) is 15.0. The topological polar surface area (TPSA) is 80.0 Å². The average Bonchev–Trinajstić information content (AvgIpc) is 2.96. The standard InChI is InChI=1S/C33H43N2O5P/c1-3-39-41(38,40-4-2)25-11-23-35-24-20-28(30-13-7-8-14-32(30)35)18-16-27-17-19-31-29(26-27)12-10-22-34(31)21-9-5-6-15-33(36)37/h7-8,13-14,16-20,24,26H,3-6,9-12,15,21-23,25H2,1-2H3/p+1. The fraction of sp³-hybridized carbons (Fsp3) is 0.455. The van der Waals surface area contributed by atoms with Gasteiger partial charge in [0.05, 0.1) is 24.8 Å². The zero-order chi connectivity index (χ0) is 29.1. The Bertz CT molecular complexity index is 1380. The van der Waals surface area contributed by atoms with Crippen molar-refractivity contribution >= 4 is 42.3 Å². The van der Waals surface area contributed by atoms with E-state index in [0.717, 1.165) is 62.8 Å². The van der Waals surface area contributed by atoms with Gasteiger partial charge in [0.15, 0.2) is 6.20 Å². The Kier molecular flexibility index (Phi) is 11.6. The monoisotopic (exact) mass is 579 g/mol. The van der Waals surface area contributed by atoms with E-state index in [-0.39, 0.29) is 6.42 Å². The van der Waals surface area contributed by atoms with E-state index in [9.17, 15) is 9.36 Å². The summed E-state index contributed by atoms with van der Waals surface area (Å²) in [6, 6.07) is 17.3. The molecule has 8 heteroatoms. The number of hydrogen-bond acceptors (Lipinski definition) is 5. The molecule has 0 amide bonds. The van der Waals surface area contributed by atoms with Gasteiger partial charge in [-0.25, -0.2) is 0 Å². The largest absolute Gasteiger partial charge is 0.481 e. The number of nitrogens with zero attached hydrogens (tertiary/aromatic N) is 2. The minimum Gasteiger partial charge on any atom is -0.481 e. The highest BCUT2D eigenvalue weighted by molar-refractivity contribution is 7.53. The maximum Gasteiger partial charge on any atom is 0.330 e. The van der Waals surface area contributed by atoms with Gasteiger partial charge in [-0.1, -0.05) is 36.8 Å². The third kappa shape index (κ3) is 8.75. The molecular weight excluding hydrogens is 535 g/mol. The number of hydrogen-bond donors (Lipinski definition) is 1. The molecule has 2 aromatic carbocycles. The highest BCUT2D eigenvalue weighted by Gasteiger charge is 2.24. The number of anilines is 1. The summed E-state index contributed by atoms with van der Waals surface area (Å²) in [7, 11) is -3.04. The Morgan fingerprint density at radius 2 is 1.83 bits per heavy atom. The predicted molar refractivity (Wildman–Crippen MR) is 166 cm³/mol. The molecule has 7 nitrogen and oxygen atoms in total. The van der Waals surface area contributed by atoms with Crippen molar-refractivity contribution in [2.45, 2.75) is 65.3 Å². The SMILES string of the molecule is CCOP(=O)(CCC[n+]1ccc(C=Cc2ccc3c(c2)CCCN3CCCCCC(=O)O)c2ccccc21)OCC. The van der Waals surface area contributed by atoms with Crippen LogP contribution in [0.3, 0.4) is 0 Å². The second-order valence-electron chi connectivity index (χ2n) is 10.5. The minimum atomic E-state index is -3.04. The van der Waals surface area contributed by atoms with Crippen LogP contribution in [0, 0.1) is 0 Å². The van der Waals surface area contributed by atoms with Gasteiger partial charge in [0, 0.05) is 43.8 Å². The lowest BCUT2D eigenvalue weighted by atomic mass is 9.98. The molecule has 4 rings (SSSR count). The van der Waals surface area contributed by atoms with Gasteiger partial charge >= 0.3 is 13.6 Å². The maximum atomic E-state index is 12.9. The number of benzene rings is 2. The third-order valence-electron chi connectivity index (χ3n) is 7.53. The molecule has 1 aliphatic rings. The molecule has 2 heterocycles. The van der Waals surface area contributed by atoms with Crippen LogP contribution >= 0.6 is 7.60 Å². The van der Waals surface area contributed by atoms with Crippen molar-refractivity contribution in [1.29, 1.82) is 0 Å². The summed E-state index contributed by atoms with van der Waals surface area (Å²) in [5.41, 5.74) is 6.19. The number of unbranched alkanes of at least 4 members (excludes halogenated alkanes) is 2. The Morgan fingerprint density at radius 1 is 1.02 bits per heavy atom. The molecule has 1 N–H and O–H groups in total. The van der Waals surface area contributed by atoms with Gasteiger partial charge < -0.3 is 19.1 Å². The molecule has 0 spiro atoms. The maximum absolute atomic E-state index is 12.9. The summed E-state index contributed by atoms with van der Waals surface area (Å²) in [5, 5.41) is 10.0. The Balaban J connectivity index is 1.43. The van der Waals surface area contributed by atoms with E-state index in [1.54, 1.807) is 0 Å². The molecule has 0 unspecified atom stereocenters. The van der Waals surface area contributed by atoms with Crippen LogP contribution in [0.25, 0.3) is 23.1 Å². The first-order valence-corrected chi connectivity index (χ1v) is 16.7. The average molecular weight is 580 g/mol. The van der Waals surface area contributed by atoms with Crippen molar-refractivity contribution < 1.29 is 28.1 Å². The van der Waals surface area contributed by atoms with Crippen molar-refractivity contribution in [3.05, 3.63) is 71.4 Å². The van der Waals surface area contributed by atoms with Crippen LogP contribution in [-0.2, 0) is 31.4 Å². The summed E-state index contributed by atoms with van der Waals surface area (Å²) in [5.74, 6) is -0.708. The number of carboxylic acid groups (broad SMARTS) is 1. The second kappa shape index (κ2) is 15.3. The number of aromatic nitrogens is 1. The van der Waals surface area contributed by atoms with E-state index >= 15 is 0 Å². The number of carbonyl (C=O) groups is 1. The van der Waals surface area contributed by atoms with Crippen molar-refractivity contribution in [2.75, 3.05) is 37.4 Å². The lowest BCUT2D eigenvalue weighted by Gasteiger charge is -2.31. The van der Waals surface area contributed by atoms with Crippen LogP contribution in [0.15, 0.2) is 54.7 Å². The predicted octanol–water partition coefficient (Wildman–Crippen LogP) is 7.35. The lowest BCUT2D eigenvalue weighted by Crippen LogP contribution is -2.34. The molecular formula is C33H44N2O5P+. The molecule has 1 aromatic heterocycles. The summed E-state index contributed by atoms with van der Waals surface area (Å²) in [6.45, 7) is 7.22. The molecule has 3 aromatic rings. The van der Waals surface area contributed by atoms with Gasteiger partial charge in [0.25, 0.3) is 0 Å². The lowest BCUT2D eigenvalue weighted by molar-refractivity contribution is -0.671. The highest BCUT2D eigenvalue weighted by atomic mass is 31.2. The van der Waals surface area contributed by atoms with Crippen LogP contribution in [0.2, 0.25) is 0 Å². The fourth-order valence-corrected chi connectivity index (χ4v) is 7.26.